The van der Waals surface area contributed by atoms with Crippen LogP contribution in [0.2, 0.25) is 0 Å². The number of amides is 1. The van der Waals surface area contributed by atoms with Gasteiger partial charge in [0.25, 0.3) is 0 Å². The molecule has 5 fully saturated rings. The topological polar surface area (TPSA) is 73.6 Å². The second-order valence-electron chi connectivity index (χ2n) is 12.4. The van der Waals surface area contributed by atoms with Crippen LogP contribution in [0.5, 0.6) is 0 Å². The van der Waals surface area contributed by atoms with E-state index in [1.807, 2.05) is 0 Å². The van der Waals surface area contributed by atoms with Gasteiger partial charge in [0.1, 0.15) is 0 Å². The fraction of sp³-hybridized carbons (Fsp3) is 0.964. The number of fused-ring (bicyclic) bond motifs is 1. The molecule has 2 heterocycles. The highest BCUT2D eigenvalue weighted by Crippen LogP contribution is 2.42. The zero-order valence-corrected chi connectivity index (χ0v) is 21.6. The Bertz CT molecular complexity index is 637. The van der Waals surface area contributed by atoms with E-state index < -0.39 is 0 Å². The molecule has 1 amide bonds. The number of hydrogen-bond donors (Lipinski definition) is 3. The van der Waals surface area contributed by atoms with E-state index >= 15 is 0 Å². The molecule has 2 aliphatic heterocycles. The molecule has 0 spiro atoms. The zero-order chi connectivity index (χ0) is 23.3. The van der Waals surface area contributed by atoms with Crippen LogP contribution in [0.3, 0.4) is 0 Å². The summed E-state index contributed by atoms with van der Waals surface area (Å²) in [4.78, 5) is 17.8. The smallest absolute Gasteiger partial charge is 0.225 e. The van der Waals surface area contributed by atoms with Crippen molar-refractivity contribution in [2.45, 2.75) is 95.6 Å². The fourth-order valence-corrected chi connectivity index (χ4v) is 8.19. The van der Waals surface area contributed by atoms with Crippen LogP contribution in [0, 0.1) is 29.6 Å². The quantitative estimate of drug-likeness (QED) is 0.472. The highest BCUT2D eigenvalue weighted by atomic mass is 16.2. The van der Waals surface area contributed by atoms with Crippen molar-refractivity contribution in [2.75, 3.05) is 45.9 Å². The monoisotopic (exact) mass is 473 g/mol. The van der Waals surface area contributed by atoms with Gasteiger partial charge >= 0.3 is 0 Å². The summed E-state index contributed by atoms with van der Waals surface area (Å²) in [7, 11) is 0. The molecule has 2 saturated heterocycles. The number of nitrogens with one attached hydrogen (secondary N) is 2. The van der Waals surface area contributed by atoms with Gasteiger partial charge in [-0.1, -0.05) is 0 Å². The zero-order valence-electron chi connectivity index (χ0n) is 21.6. The molecular weight excluding hydrogens is 422 g/mol. The van der Waals surface area contributed by atoms with E-state index in [9.17, 15) is 4.79 Å². The maximum Gasteiger partial charge on any atom is 0.225 e. The lowest BCUT2D eigenvalue weighted by atomic mass is 9.69. The van der Waals surface area contributed by atoms with Gasteiger partial charge in [0, 0.05) is 57.4 Å². The van der Waals surface area contributed by atoms with Crippen molar-refractivity contribution in [1.29, 1.82) is 0 Å². The van der Waals surface area contributed by atoms with Crippen molar-refractivity contribution in [3.8, 4) is 0 Å². The highest BCUT2D eigenvalue weighted by molar-refractivity contribution is 5.79. The summed E-state index contributed by atoms with van der Waals surface area (Å²) in [5.41, 5.74) is 5.63. The van der Waals surface area contributed by atoms with E-state index in [-0.39, 0.29) is 0 Å². The van der Waals surface area contributed by atoms with Crippen molar-refractivity contribution in [1.82, 2.24) is 20.4 Å². The summed E-state index contributed by atoms with van der Waals surface area (Å²) in [6.45, 7) is 7.25. The van der Waals surface area contributed by atoms with Gasteiger partial charge in [0.2, 0.25) is 5.91 Å². The van der Waals surface area contributed by atoms with Crippen LogP contribution in [-0.2, 0) is 4.79 Å². The molecule has 194 valence electrons. The number of hydrogen-bond acceptors (Lipinski definition) is 5. The van der Waals surface area contributed by atoms with E-state index in [2.05, 4.69) is 20.4 Å². The van der Waals surface area contributed by atoms with E-state index in [4.69, 9.17) is 5.73 Å². The van der Waals surface area contributed by atoms with E-state index in [1.165, 1.54) is 83.7 Å². The lowest BCUT2D eigenvalue weighted by molar-refractivity contribution is -0.135. The van der Waals surface area contributed by atoms with Gasteiger partial charge in [0.15, 0.2) is 0 Å². The molecule has 5 rings (SSSR count). The average molecular weight is 474 g/mol. The van der Waals surface area contributed by atoms with Gasteiger partial charge in [-0.15, -0.1) is 0 Å². The molecule has 3 aliphatic carbocycles. The van der Waals surface area contributed by atoms with Gasteiger partial charge in [-0.25, -0.2) is 0 Å². The van der Waals surface area contributed by atoms with Gasteiger partial charge < -0.3 is 16.0 Å². The molecule has 5 aliphatic rings. The number of nitrogens with two attached hydrogens (primary N) is 1. The molecule has 0 aromatic rings. The first kappa shape index (κ1) is 25.0. The SMILES string of the molecule is NCCNCC1CCC(C2CCC3NCN(CC4CCC(C(=O)N5CCCC5)CC4)C3C2)CC1. The molecule has 0 aromatic carbocycles. The van der Waals surface area contributed by atoms with Crippen molar-refractivity contribution < 1.29 is 4.79 Å². The third-order valence-electron chi connectivity index (χ3n) is 10.3. The summed E-state index contributed by atoms with van der Waals surface area (Å²) in [6.07, 6.45) is 17.1. The van der Waals surface area contributed by atoms with Gasteiger partial charge in [0.05, 0.1) is 0 Å². The maximum atomic E-state index is 12.8. The molecule has 34 heavy (non-hydrogen) atoms. The number of carbonyl (C=O) groups is 1. The second kappa shape index (κ2) is 12.0. The van der Waals surface area contributed by atoms with Crippen molar-refractivity contribution >= 4 is 5.91 Å². The fourth-order valence-electron chi connectivity index (χ4n) is 8.19. The molecule has 0 bridgehead atoms. The minimum Gasteiger partial charge on any atom is -0.342 e. The normalized spacial score (nSPS) is 39.3. The largest absolute Gasteiger partial charge is 0.342 e. The average Bonchev–Trinajstić information content (AvgIpc) is 3.55. The Kier molecular flexibility index (Phi) is 8.84. The third kappa shape index (κ3) is 5.99. The van der Waals surface area contributed by atoms with Crippen molar-refractivity contribution in [3.63, 3.8) is 0 Å². The lowest BCUT2D eigenvalue weighted by Gasteiger charge is -2.42. The first-order valence-corrected chi connectivity index (χ1v) is 14.9. The summed E-state index contributed by atoms with van der Waals surface area (Å²) < 4.78 is 0. The van der Waals surface area contributed by atoms with E-state index in [1.54, 1.807) is 0 Å². The van der Waals surface area contributed by atoms with E-state index in [0.29, 0.717) is 11.8 Å². The molecule has 4 N–H and O–H groups in total. The summed E-state index contributed by atoms with van der Waals surface area (Å²) >= 11 is 0. The summed E-state index contributed by atoms with van der Waals surface area (Å²) in [5.74, 6) is 4.35. The van der Waals surface area contributed by atoms with Crippen molar-refractivity contribution in [2.24, 2.45) is 35.3 Å². The summed E-state index contributed by atoms with van der Waals surface area (Å²) in [6, 6.07) is 1.48. The minimum absolute atomic E-state index is 0.318. The number of carbonyl (C=O) groups excluding carboxylic acids is 1. The Morgan fingerprint density at radius 3 is 2.32 bits per heavy atom. The first-order valence-electron chi connectivity index (χ1n) is 14.9. The molecule has 3 atom stereocenters. The highest BCUT2D eigenvalue weighted by Gasteiger charge is 2.42. The Hall–Kier alpha value is -0.690. The third-order valence-corrected chi connectivity index (χ3v) is 10.3. The molecule has 0 radical (unpaired) electrons. The van der Waals surface area contributed by atoms with E-state index in [0.717, 1.165) is 81.4 Å². The van der Waals surface area contributed by atoms with Crippen LogP contribution in [-0.4, -0.2) is 73.7 Å². The Balaban J connectivity index is 1.06. The van der Waals surface area contributed by atoms with Crippen LogP contribution in [0.4, 0.5) is 0 Å². The Labute approximate surface area is 208 Å². The minimum atomic E-state index is 0.318. The van der Waals surface area contributed by atoms with Gasteiger partial charge in [-0.05, 0) is 114 Å². The first-order chi connectivity index (χ1) is 16.7. The molecule has 3 saturated carbocycles. The number of nitrogens with zero attached hydrogens (tertiary/aromatic N) is 2. The lowest BCUT2D eigenvalue weighted by Crippen LogP contribution is -2.45. The predicted molar refractivity (Wildman–Crippen MR) is 138 cm³/mol. The molecule has 3 unspecified atom stereocenters. The van der Waals surface area contributed by atoms with Gasteiger partial charge in [-0.2, -0.15) is 0 Å². The van der Waals surface area contributed by atoms with Crippen LogP contribution < -0.4 is 16.4 Å². The molecule has 6 nitrogen and oxygen atoms in total. The Morgan fingerprint density at radius 2 is 1.59 bits per heavy atom. The van der Waals surface area contributed by atoms with Crippen LogP contribution in [0.15, 0.2) is 0 Å². The molecular formula is C28H51N5O. The maximum absolute atomic E-state index is 12.8. The molecule has 0 aromatic heterocycles. The summed E-state index contributed by atoms with van der Waals surface area (Å²) in [5, 5.41) is 7.40. The number of likely N-dealkylation sites (tertiary alicyclic amines) is 1. The predicted octanol–water partition coefficient (Wildman–Crippen LogP) is 3.17. The Morgan fingerprint density at radius 1 is 0.882 bits per heavy atom. The van der Waals surface area contributed by atoms with Crippen molar-refractivity contribution in [3.05, 3.63) is 0 Å². The second-order valence-corrected chi connectivity index (χ2v) is 12.4. The van der Waals surface area contributed by atoms with Crippen LogP contribution >= 0.6 is 0 Å². The van der Waals surface area contributed by atoms with Gasteiger partial charge in [-0.3, -0.25) is 15.0 Å². The van der Waals surface area contributed by atoms with Crippen LogP contribution in [0.25, 0.3) is 0 Å². The molecule has 6 heteroatoms. The standard InChI is InChI=1S/C28H51N5O/c29-13-14-30-18-21-3-7-23(8-4-21)25-11-12-26-27(17-25)33(20-31-26)19-22-5-9-24(10-6-22)28(34)32-15-1-2-16-32/h21-27,30-31H,1-20,29H2. The number of rotatable bonds is 8. The van der Waals surface area contributed by atoms with Crippen LogP contribution in [0.1, 0.15) is 83.5 Å².